The van der Waals surface area contributed by atoms with Crippen LogP contribution in [0, 0.1) is 17.2 Å². The summed E-state index contributed by atoms with van der Waals surface area (Å²) in [6.45, 7) is 0. The van der Waals surface area contributed by atoms with E-state index in [1.54, 1.807) is 0 Å². The number of thiol groups is 1. The van der Waals surface area contributed by atoms with Gasteiger partial charge >= 0.3 is 29.6 Å². The molecule has 2 aliphatic carbocycles. The molecule has 0 saturated heterocycles. The van der Waals surface area contributed by atoms with E-state index in [4.69, 9.17) is 11.1 Å². The van der Waals surface area contributed by atoms with Crippen molar-refractivity contribution >= 4 is 29.6 Å². The fourth-order valence-electron chi connectivity index (χ4n) is 2.93. The van der Waals surface area contributed by atoms with Crippen molar-refractivity contribution in [3.8, 4) is 0 Å². The number of nitrogens with one attached hydrogen (secondary N) is 1. The topological polar surface area (TPSA) is 111 Å². The third-order valence-corrected chi connectivity index (χ3v) is 5.65. The van der Waals surface area contributed by atoms with E-state index in [0.29, 0.717) is 0 Å². The minimum Gasteiger partial charge on any atom is -0.870 e. The van der Waals surface area contributed by atoms with E-state index in [0.717, 1.165) is 23.3 Å². The molecule has 4 nitrogen and oxygen atoms in total. The molecule has 2 saturated carbocycles. The summed E-state index contributed by atoms with van der Waals surface area (Å²) >= 11 is 5.76. The van der Waals surface area contributed by atoms with Gasteiger partial charge in [-0.05, 0) is 43.3 Å². The Kier molecular flexibility index (Phi) is 23.4. The van der Waals surface area contributed by atoms with E-state index < -0.39 is 0 Å². The van der Waals surface area contributed by atoms with Crippen LogP contribution in [0.4, 0.5) is 0 Å². The third kappa shape index (κ3) is 14.7. The van der Waals surface area contributed by atoms with Gasteiger partial charge in [0.25, 0.3) is 0 Å². The molecule has 0 aromatic heterocycles. The van der Waals surface area contributed by atoms with Crippen LogP contribution < -0.4 is 35.3 Å². The number of amidine groups is 1. The van der Waals surface area contributed by atoms with Crippen LogP contribution in [0.3, 0.4) is 0 Å². The van der Waals surface area contributed by atoms with Crippen molar-refractivity contribution in [2.75, 3.05) is 11.5 Å². The Labute approximate surface area is 168 Å². The molecule has 0 heterocycles. The molecular formula is C15H33N2NaO2S2. The number of hydrogen-bond donors (Lipinski definition) is 3. The number of thioether (sulfide) groups is 1. The van der Waals surface area contributed by atoms with Crippen LogP contribution in [0.5, 0.6) is 0 Å². The monoisotopic (exact) mass is 360 g/mol. The van der Waals surface area contributed by atoms with Gasteiger partial charge in [0.2, 0.25) is 0 Å². The van der Waals surface area contributed by atoms with Gasteiger partial charge in [0.1, 0.15) is 0 Å². The fraction of sp³-hybridized carbons (Fsp3) is 0.933. The number of rotatable bonds is 3. The van der Waals surface area contributed by atoms with Crippen molar-refractivity contribution in [3.63, 3.8) is 0 Å². The first-order valence-electron chi connectivity index (χ1n) is 7.80. The zero-order valence-corrected chi connectivity index (χ0v) is 17.7. The summed E-state index contributed by atoms with van der Waals surface area (Å²) in [6.07, 6.45) is 14.1. The van der Waals surface area contributed by atoms with Crippen LogP contribution in [0.2, 0.25) is 0 Å². The maximum atomic E-state index is 7.05. The SMILES string of the molecule is N=C(N)SCC1CCCCC1.O.SCC1CCCCC1.[Na+].[OH-]. The van der Waals surface area contributed by atoms with Gasteiger partial charge in [0.05, 0.1) is 0 Å². The van der Waals surface area contributed by atoms with E-state index in [1.165, 1.54) is 76.0 Å². The molecule has 0 aromatic rings. The zero-order valence-electron chi connectivity index (χ0n) is 14.0. The van der Waals surface area contributed by atoms with Crippen LogP contribution in [-0.2, 0) is 0 Å². The van der Waals surface area contributed by atoms with E-state index in [9.17, 15) is 0 Å². The Morgan fingerprint density at radius 3 is 1.68 bits per heavy atom. The second-order valence-corrected chi connectivity index (χ2v) is 7.29. The molecule has 0 atom stereocenters. The third-order valence-electron chi connectivity index (χ3n) is 4.18. The van der Waals surface area contributed by atoms with Gasteiger partial charge in [-0.15, -0.1) is 0 Å². The minimum atomic E-state index is 0. The molecule has 22 heavy (non-hydrogen) atoms. The maximum Gasteiger partial charge on any atom is 1.00 e. The molecule has 7 heteroatoms. The van der Waals surface area contributed by atoms with Crippen molar-refractivity contribution in [3.05, 3.63) is 0 Å². The smallest absolute Gasteiger partial charge is 0.870 e. The molecular weight excluding hydrogens is 327 g/mol. The summed E-state index contributed by atoms with van der Waals surface area (Å²) in [5, 5.41) is 7.33. The summed E-state index contributed by atoms with van der Waals surface area (Å²) in [5.74, 6) is 3.96. The van der Waals surface area contributed by atoms with Gasteiger partial charge in [-0.25, -0.2) is 0 Å². The van der Waals surface area contributed by atoms with Crippen molar-refractivity contribution in [1.82, 2.24) is 0 Å². The molecule has 0 bridgehead atoms. The zero-order chi connectivity index (χ0) is 13.9. The Bertz CT molecular complexity index is 250. The largest absolute Gasteiger partial charge is 1.00 e. The van der Waals surface area contributed by atoms with Crippen molar-refractivity contribution in [1.29, 1.82) is 5.41 Å². The van der Waals surface area contributed by atoms with E-state index >= 15 is 0 Å². The Morgan fingerprint density at radius 2 is 1.36 bits per heavy atom. The molecule has 2 fully saturated rings. The molecule has 0 radical (unpaired) electrons. The molecule has 0 spiro atoms. The van der Waals surface area contributed by atoms with Crippen molar-refractivity contribution < 1.29 is 40.5 Å². The molecule has 2 rings (SSSR count). The van der Waals surface area contributed by atoms with Crippen molar-refractivity contribution in [2.24, 2.45) is 17.6 Å². The van der Waals surface area contributed by atoms with Gasteiger partial charge in [0, 0.05) is 5.75 Å². The Morgan fingerprint density at radius 1 is 0.955 bits per heavy atom. The van der Waals surface area contributed by atoms with Crippen LogP contribution in [0.1, 0.15) is 64.2 Å². The first-order valence-corrected chi connectivity index (χ1v) is 9.42. The molecule has 0 aromatic carbocycles. The van der Waals surface area contributed by atoms with Crippen molar-refractivity contribution in [2.45, 2.75) is 64.2 Å². The normalized spacial score (nSPS) is 18.6. The first kappa shape index (κ1) is 27.9. The fourth-order valence-corrected chi connectivity index (χ4v) is 4.04. The molecule has 128 valence electrons. The first-order chi connectivity index (χ1) is 9.22. The molecule has 0 amide bonds. The maximum absolute atomic E-state index is 7.05. The summed E-state index contributed by atoms with van der Waals surface area (Å²) in [6, 6.07) is 0. The van der Waals surface area contributed by atoms with E-state index in [2.05, 4.69) is 12.6 Å². The van der Waals surface area contributed by atoms with Gasteiger partial charge < -0.3 is 16.7 Å². The quantitative estimate of drug-likeness (QED) is 0.298. The molecule has 6 N–H and O–H groups in total. The van der Waals surface area contributed by atoms with Crippen LogP contribution >= 0.6 is 24.4 Å². The van der Waals surface area contributed by atoms with Gasteiger partial charge in [-0.1, -0.05) is 50.3 Å². The summed E-state index contributed by atoms with van der Waals surface area (Å²) < 4.78 is 0. The van der Waals surface area contributed by atoms with E-state index in [-0.39, 0.29) is 45.7 Å². The second-order valence-electron chi connectivity index (χ2n) is 5.87. The summed E-state index contributed by atoms with van der Waals surface area (Å²) in [4.78, 5) is 0. The van der Waals surface area contributed by atoms with Crippen LogP contribution in [-0.4, -0.2) is 27.6 Å². The predicted octanol–water partition coefficient (Wildman–Crippen LogP) is 0.692. The second kappa shape index (κ2) is 18.4. The van der Waals surface area contributed by atoms with Gasteiger partial charge in [-0.2, -0.15) is 12.6 Å². The van der Waals surface area contributed by atoms with Gasteiger partial charge in [-0.3, -0.25) is 5.41 Å². The standard InChI is InChI=1S/C8H16N2S.C7H14S.Na.2H2O/c9-8(10)11-6-7-4-2-1-3-5-7;8-6-7-4-2-1-3-5-7;;;/h7H,1-6H2,(H3,9,10);7-8H,1-6H2;;2*1H2/q;;+1;;/p-1. The predicted molar refractivity (Wildman–Crippen MR) is 96.9 cm³/mol. The van der Waals surface area contributed by atoms with Crippen LogP contribution in [0.25, 0.3) is 0 Å². The van der Waals surface area contributed by atoms with E-state index in [1.807, 2.05) is 0 Å². The minimum absolute atomic E-state index is 0. The average molecular weight is 361 g/mol. The van der Waals surface area contributed by atoms with Crippen LogP contribution in [0.15, 0.2) is 0 Å². The number of hydrogen-bond acceptors (Lipinski definition) is 4. The molecule has 0 unspecified atom stereocenters. The van der Waals surface area contributed by atoms with Gasteiger partial charge in [0.15, 0.2) is 5.17 Å². The summed E-state index contributed by atoms with van der Waals surface area (Å²) in [5.41, 5.74) is 5.26. The summed E-state index contributed by atoms with van der Waals surface area (Å²) in [7, 11) is 0. The molecule has 0 aliphatic heterocycles. The average Bonchev–Trinajstić information content (AvgIpc) is 2.48. The number of nitrogens with two attached hydrogens (primary N) is 1. The Balaban J connectivity index is -0.000000299. The molecule has 2 aliphatic rings. The Hall–Kier alpha value is 1.09.